The predicted molar refractivity (Wildman–Crippen MR) is 88.4 cm³/mol. The minimum absolute atomic E-state index is 0.136. The van der Waals surface area contributed by atoms with E-state index in [1.165, 1.54) is 11.8 Å². The van der Waals surface area contributed by atoms with E-state index < -0.39 is 0 Å². The fourth-order valence-electron chi connectivity index (χ4n) is 3.09. The van der Waals surface area contributed by atoms with Crippen molar-refractivity contribution in [3.05, 3.63) is 63.8 Å². The number of hydrogen-bond donors (Lipinski definition) is 1. The van der Waals surface area contributed by atoms with Crippen LogP contribution in [-0.2, 0) is 6.42 Å². The van der Waals surface area contributed by atoms with E-state index in [-0.39, 0.29) is 17.0 Å². The molecule has 0 bridgehead atoms. The van der Waals surface area contributed by atoms with Crippen LogP contribution in [0.1, 0.15) is 34.6 Å². The molecule has 0 radical (unpaired) electrons. The highest BCUT2D eigenvalue weighted by atomic mass is 16.2. The van der Waals surface area contributed by atoms with Crippen LogP contribution in [0, 0.1) is 12.8 Å². The molecule has 5 heteroatoms. The van der Waals surface area contributed by atoms with Gasteiger partial charge in [0.2, 0.25) is 0 Å². The van der Waals surface area contributed by atoms with Gasteiger partial charge in [-0.3, -0.25) is 9.59 Å². The average molecular weight is 311 g/mol. The summed E-state index contributed by atoms with van der Waals surface area (Å²) in [6.07, 6.45) is 4.37. The first-order chi connectivity index (χ1) is 11.1. The maximum Gasteiger partial charge on any atom is 0.263 e. The minimum Gasteiger partial charge on any atom is -0.338 e. The fraction of sp³-hybridized carbons (Fsp3) is 0.389. The minimum atomic E-state index is -0.353. The highest BCUT2D eigenvalue weighted by molar-refractivity contribution is 5.93. The Morgan fingerprint density at radius 3 is 2.61 bits per heavy atom. The zero-order chi connectivity index (χ0) is 16.2. The summed E-state index contributed by atoms with van der Waals surface area (Å²) in [5.41, 5.74) is 1.13. The van der Waals surface area contributed by atoms with Crippen molar-refractivity contribution in [1.82, 2.24) is 14.9 Å². The van der Waals surface area contributed by atoms with Crippen LogP contribution in [0.5, 0.6) is 0 Å². The van der Waals surface area contributed by atoms with Gasteiger partial charge >= 0.3 is 0 Å². The van der Waals surface area contributed by atoms with E-state index >= 15 is 0 Å². The summed E-state index contributed by atoms with van der Waals surface area (Å²) in [6.45, 7) is 3.10. The quantitative estimate of drug-likeness (QED) is 0.945. The summed E-state index contributed by atoms with van der Waals surface area (Å²) >= 11 is 0. The van der Waals surface area contributed by atoms with Crippen LogP contribution in [0.3, 0.4) is 0 Å². The third kappa shape index (κ3) is 3.67. The number of nitrogens with zero attached hydrogens (tertiary/aromatic N) is 2. The Morgan fingerprint density at radius 2 is 1.96 bits per heavy atom. The number of carbonyl (C=O) groups excluding carboxylic acids is 1. The van der Waals surface area contributed by atoms with Crippen LogP contribution in [0.4, 0.5) is 0 Å². The first kappa shape index (κ1) is 15.5. The third-order valence-electron chi connectivity index (χ3n) is 4.43. The van der Waals surface area contributed by atoms with Crippen molar-refractivity contribution in [2.75, 3.05) is 13.1 Å². The number of aromatic nitrogens is 2. The number of amides is 1. The number of piperidine rings is 1. The average Bonchev–Trinajstić information content (AvgIpc) is 2.56. The van der Waals surface area contributed by atoms with Gasteiger partial charge in [-0.15, -0.1) is 0 Å². The summed E-state index contributed by atoms with van der Waals surface area (Å²) < 4.78 is 0. The molecule has 1 aliphatic heterocycles. The van der Waals surface area contributed by atoms with Gasteiger partial charge in [-0.25, -0.2) is 4.98 Å². The number of hydrogen-bond acceptors (Lipinski definition) is 3. The zero-order valence-corrected chi connectivity index (χ0v) is 13.3. The molecule has 1 saturated heterocycles. The second kappa shape index (κ2) is 6.77. The molecule has 2 aromatic rings. The van der Waals surface area contributed by atoms with Gasteiger partial charge in [0.15, 0.2) is 0 Å². The Hall–Kier alpha value is -2.43. The number of H-pyrrole nitrogens is 1. The SMILES string of the molecule is Cc1ncc(C(=O)N2CCC(Cc3ccccc3)CC2)c(=O)[nH]1. The van der Waals surface area contributed by atoms with Crippen LogP contribution < -0.4 is 5.56 Å². The molecule has 0 atom stereocenters. The zero-order valence-electron chi connectivity index (χ0n) is 13.3. The standard InChI is InChI=1S/C18H21N3O2/c1-13-19-12-16(17(22)20-13)18(23)21-9-7-15(8-10-21)11-14-5-3-2-4-6-14/h2-6,12,15H,7-11H2,1H3,(H,19,20,22). The molecule has 23 heavy (non-hydrogen) atoms. The molecule has 1 aromatic heterocycles. The number of likely N-dealkylation sites (tertiary alicyclic amines) is 1. The summed E-state index contributed by atoms with van der Waals surface area (Å²) in [5.74, 6) is 0.904. The van der Waals surface area contributed by atoms with Gasteiger partial charge in [0.1, 0.15) is 11.4 Å². The van der Waals surface area contributed by atoms with Crippen molar-refractivity contribution in [3.63, 3.8) is 0 Å². The van der Waals surface area contributed by atoms with Crippen molar-refractivity contribution in [1.29, 1.82) is 0 Å². The number of nitrogens with one attached hydrogen (secondary N) is 1. The van der Waals surface area contributed by atoms with E-state index in [1.54, 1.807) is 11.8 Å². The largest absolute Gasteiger partial charge is 0.338 e. The van der Waals surface area contributed by atoms with E-state index in [2.05, 4.69) is 34.2 Å². The fourth-order valence-corrected chi connectivity index (χ4v) is 3.09. The Balaban J connectivity index is 1.60. The molecular formula is C18H21N3O2. The lowest BCUT2D eigenvalue weighted by atomic mass is 9.90. The first-order valence-electron chi connectivity index (χ1n) is 8.02. The Morgan fingerprint density at radius 1 is 1.26 bits per heavy atom. The maximum absolute atomic E-state index is 12.5. The van der Waals surface area contributed by atoms with Gasteiger partial charge in [0.05, 0.1) is 0 Å². The second-order valence-electron chi connectivity index (χ2n) is 6.14. The molecule has 5 nitrogen and oxygen atoms in total. The lowest BCUT2D eigenvalue weighted by molar-refractivity contribution is 0.0688. The van der Waals surface area contributed by atoms with Gasteiger partial charge in [-0.1, -0.05) is 30.3 Å². The number of benzene rings is 1. The van der Waals surface area contributed by atoms with Crippen LogP contribution in [0.2, 0.25) is 0 Å². The molecule has 0 aliphatic carbocycles. The lowest BCUT2D eigenvalue weighted by Gasteiger charge is -2.32. The number of rotatable bonds is 3. The van der Waals surface area contributed by atoms with Crippen molar-refractivity contribution in [2.45, 2.75) is 26.2 Å². The first-order valence-corrected chi connectivity index (χ1v) is 8.02. The maximum atomic E-state index is 12.5. The number of aromatic amines is 1. The molecule has 1 amide bonds. The molecule has 2 heterocycles. The van der Waals surface area contributed by atoms with Crippen LogP contribution in [0.15, 0.2) is 41.3 Å². The molecule has 1 aromatic carbocycles. The molecule has 3 rings (SSSR count). The van der Waals surface area contributed by atoms with E-state index in [0.717, 1.165) is 19.3 Å². The second-order valence-corrected chi connectivity index (χ2v) is 6.14. The Labute approximate surface area is 135 Å². The third-order valence-corrected chi connectivity index (χ3v) is 4.43. The molecule has 0 saturated carbocycles. The number of aryl methyl sites for hydroxylation is 1. The van der Waals surface area contributed by atoms with Gasteiger partial charge in [0, 0.05) is 19.3 Å². The normalized spacial score (nSPS) is 15.6. The van der Waals surface area contributed by atoms with E-state index in [9.17, 15) is 9.59 Å². The Kier molecular flexibility index (Phi) is 4.55. The van der Waals surface area contributed by atoms with Gasteiger partial charge in [0.25, 0.3) is 11.5 Å². The van der Waals surface area contributed by atoms with Crippen molar-refractivity contribution in [2.24, 2.45) is 5.92 Å². The van der Waals surface area contributed by atoms with E-state index in [4.69, 9.17) is 0 Å². The summed E-state index contributed by atoms with van der Waals surface area (Å²) in [4.78, 5) is 32.7. The highest BCUT2D eigenvalue weighted by Crippen LogP contribution is 2.22. The summed E-state index contributed by atoms with van der Waals surface area (Å²) in [7, 11) is 0. The lowest BCUT2D eigenvalue weighted by Crippen LogP contribution is -2.41. The molecule has 0 unspecified atom stereocenters. The van der Waals surface area contributed by atoms with Crippen LogP contribution in [-0.4, -0.2) is 33.9 Å². The van der Waals surface area contributed by atoms with Gasteiger partial charge < -0.3 is 9.88 Å². The van der Waals surface area contributed by atoms with E-state index in [1.807, 2.05) is 6.07 Å². The van der Waals surface area contributed by atoms with Crippen LogP contribution >= 0.6 is 0 Å². The Bertz CT molecular complexity index is 731. The number of carbonyl (C=O) groups is 1. The van der Waals surface area contributed by atoms with E-state index in [0.29, 0.717) is 24.8 Å². The highest BCUT2D eigenvalue weighted by Gasteiger charge is 2.25. The van der Waals surface area contributed by atoms with Crippen molar-refractivity contribution in [3.8, 4) is 0 Å². The van der Waals surface area contributed by atoms with Crippen molar-refractivity contribution >= 4 is 5.91 Å². The monoisotopic (exact) mass is 311 g/mol. The molecule has 0 spiro atoms. The topological polar surface area (TPSA) is 66.1 Å². The summed E-state index contributed by atoms with van der Waals surface area (Å²) in [6, 6.07) is 10.4. The molecule has 1 fully saturated rings. The smallest absolute Gasteiger partial charge is 0.263 e. The predicted octanol–water partition coefficient (Wildman–Crippen LogP) is 2.17. The van der Waals surface area contributed by atoms with Gasteiger partial charge in [-0.05, 0) is 37.7 Å². The van der Waals surface area contributed by atoms with Gasteiger partial charge in [-0.2, -0.15) is 0 Å². The van der Waals surface area contributed by atoms with Crippen LogP contribution in [0.25, 0.3) is 0 Å². The molecule has 1 aliphatic rings. The molecular weight excluding hydrogens is 290 g/mol. The summed E-state index contributed by atoms with van der Waals surface area (Å²) in [5, 5.41) is 0. The molecule has 1 N–H and O–H groups in total. The molecule has 120 valence electrons. The van der Waals surface area contributed by atoms with Crippen molar-refractivity contribution < 1.29 is 4.79 Å².